The number of fused-ring (bicyclic) bond motifs is 5. The second-order valence-electron chi connectivity index (χ2n) is 12.8. The quantitative estimate of drug-likeness (QED) is 0.147. The molecule has 0 radical (unpaired) electrons. The molecule has 9 aromatic carbocycles. The number of hydrogen-bond donors (Lipinski definition) is 0. The van der Waals surface area contributed by atoms with Crippen LogP contribution in [0.25, 0.3) is 110 Å². The van der Waals surface area contributed by atoms with Crippen molar-refractivity contribution in [1.29, 1.82) is 0 Å². The van der Waals surface area contributed by atoms with Crippen LogP contribution in [0.5, 0.6) is 0 Å². The van der Waals surface area contributed by atoms with E-state index in [0.29, 0.717) is 0 Å². The van der Waals surface area contributed by atoms with Crippen molar-refractivity contribution in [2.24, 2.45) is 0 Å². The lowest BCUT2D eigenvalue weighted by atomic mass is 9.83. The average molecular weight is 611 g/mol. The highest BCUT2D eigenvalue weighted by Crippen LogP contribution is 2.49. The molecule has 0 aliphatic heterocycles. The van der Waals surface area contributed by atoms with Crippen LogP contribution in [0, 0.1) is 0 Å². The first-order chi connectivity index (χ1) is 23.8. The van der Waals surface area contributed by atoms with Gasteiger partial charge in [0.15, 0.2) is 0 Å². The van der Waals surface area contributed by atoms with E-state index in [1.54, 1.807) is 0 Å². The Bertz CT molecular complexity index is 3010. The number of benzene rings is 9. The maximum atomic E-state index is 6.34. The van der Waals surface area contributed by atoms with Crippen molar-refractivity contribution in [1.82, 2.24) is 0 Å². The Morgan fingerprint density at radius 2 is 0.812 bits per heavy atom. The molecule has 0 aliphatic carbocycles. The fraction of sp³-hybridized carbons (Fsp3) is 0. The SMILES string of the molecule is c1cc(-c2c3ccccc3c(-c3cc4cccc5oc6cccc3c6c45)c3ccccc23)cc(-c2cccc3oc4ccccc4c23)c1. The molecule has 0 saturated heterocycles. The van der Waals surface area contributed by atoms with Gasteiger partial charge < -0.3 is 8.83 Å². The van der Waals surface area contributed by atoms with Crippen molar-refractivity contribution in [3.63, 3.8) is 0 Å². The molecule has 0 N–H and O–H groups in total. The summed E-state index contributed by atoms with van der Waals surface area (Å²) in [6.07, 6.45) is 0. The molecule has 0 amide bonds. The van der Waals surface area contributed by atoms with Crippen molar-refractivity contribution >= 4 is 76.2 Å². The van der Waals surface area contributed by atoms with Crippen molar-refractivity contribution in [2.45, 2.75) is 0 Å². The molecule has 0 atom stereocenters. The van der Waals surface area contributed by atoms with Crippen molar-refractivity contribution < 1.29 is 8.83 Å². The molecule has 2 heterocycles. The number of furan rings is 2. The Hall–Kier alpha value is -6.38. The summed E-state index contributed by atoms with van der Waals surface area (Å²) < 4.78 is 12.6. The standard InChI is InChI=1S/C46H26O2/c1-3-16-33-31(14-1)42(28-12-7-11-27(25-28)30-19-9-23-40-45(30)36-18-5-6-21-38(36)47-40)32-15-2-4-17-34(32)44(33)37-26-29-13-8-22-39-43(29)46-35(37)20-10-24-41(46)48-39/h1-26H. The predicted molar refractivity (Wildman–Crippen MR) is 201 cm³/mol. The first-order valence-electron chi connectivity index (χ1n) is 16.4. The van der Waals surface area contributed by atoms with Gasteiger partial charge in [0.2, 0.25) is 0 Å². The number of rotatable bonds is 3. The van der Waals surface area contributed by atoms with E-state index in [0.717, 1.165) is 33.1 Å². The minimum Gasteiger partial charge on any atom is -0.456 e. The van der Waals surface area contributed by atoms with E-state index in [2.05, 4.69) is 146 Å². The van der Waals surface area contributed by atoms with Crippen molar-refractivity contribution in [3.8, 4) is 33.4 Å². The fourth-order valence-electron chi connectivity index (χ4n) is 8.27. The molecule has 0 saturated carbocycles. The van der Waals surface area contributed by atoms with E-state index >= 15 is 0 Å². The zero-order chi connectivity index (χ0) is 31.3. The first kappa shape index (κ1) is 25.8. The summed E-state index contributed by atoms with van der Waals surface area (Å²) in [6, 6.07) is 56.7. The van der Waals surface area contributed by atoms with E-state index < -0.39 is 0 Å². The Morgan fingerprint density at radius 1 is 0.292 bits per heavy atom. The second kappa shape index (κ2) is 9.57. The van der Waals surface area contributed by atoms with E-state index in [1.165, 1.54) is 76.5 Å². The van der Waals surface area contributed by atoms with Crippen LogP contribution in [0.4, 0.5) is 0 Å². The monoisotopic (exact) mass is 610 g/mol. The number of hydrogen-bond acceptors (Lipinski definition) is 2. The second-order valence-corrected chi connectivity index (χ2v) is 12.8. The summed E-state index contributed by atoms with van der Waals surface area (Å²) in [4.78, 5) is 0. The van der Waals surface area contributed by atoms with Gasteiger partial charge in [-0.1, -0.05) is 121 Å². The summed E-state index contributed by atoms with van der Waals surface area (Å²) in [5, 5.41) is 12.1. The third-order valence-corrected chi connectivity index (χ3v) is 10.2. The van der Waals surface area contributed by atoms with Gasteiger partial charge in [0.05, 0.1) is 0 Å². The lowest BCUT2D eigenvalue weighted by Gasteiger charge is -2.19. The minimum atomic E-state index is 0.909. The van der Waals surface area contributed by atoms with Crippen LogP contribution < -0.4 is 0 Å². The molecule has 2 heteroatoms. The molecule has 222 valence electrons. The van der Waals surface area contributed by atoms with E-state index in [-0.39, 0.29) is 0 Å². The lowest BCUT2D eigenvalue weighted by molar-refractivity contribution is 0.669. The molecule has 0 spiro atoms. The third-order valence-electron chi connectivity index (χ3n) is 10.2. The maximum Gasteiger partial charge on any atom is 0.136 e. The molecule has 2 aromatic heterocycles. The topological polar surface area (TPSA) is 26.3 Å². The molecule has 0 bridgehead atoms. The van der Waals surface area contributed by atoms with Crippen LogP contribution >= 0.6 is 0 Å². The zero-order valence-electron chi connectivity index (χ0n) is 25.8. The highest BCUT2D eigenvalue weighted by Gasteiger charge is 2.22. The predicted octanol–water partition coefficient (Wildman–Crippen LogP) is 13.4. The van der Waals surface area contributed by atoms with Gasteiger partial charge in [-0.05, 0) is 102 Å². The highest BCUT2D eigenvalue weighted by atomic mass is 16.3. The van der Waals surface area contributed by atoms with Crippen molar-refractivity contribution in [2.75, 3.05) is 0 Å². The molecule has 11 rings (SSSR count). The van der Waals surface area contributed by atoms with Crippen molar-refractivity contribution in [3.05, 3.63) is 158 Å². The van der Waals surface area contributed by atoms with Crippen LogP contribution in [0.2, 0.25) is 0 Å². The van der Waals surface area contributed by atoms with Crippen LogP contribution in [-0.4, -0.2) is 0 Å². The smallest absolute Gasteiger partial charge is 0.136 e. The summed E-state index contributed by atoms with van der Waals surface area (Å²) >= 11 is 0. The average Bonchev–Trinajstić information content (AvgIpc) is 3.72. The summed E-state index contributed by atoms with van der Waals surface area (Å²) in [5.41, 5.74) is 11.0. The Morgan fingerprint density at radius 3 is 1.58 bits per heavy atom. The van der Waals surface area contributed by atoms with Gasteiger partial charge in [0, 0.05) is 21.5 Å². The van der Waals surface area contributed by atoms with Crippen LogP contribution in [0.1, 0.15) is 0 Å². The van der Waals surface area contributed by atoms with E-state index in [1.807, 2.05) is 12.1 Å². The van der Waals surface area contributed by atoms with Gasteiger partial charge in [-0.2, -0.15) is 0 Å². The molecule has 0 unspecified atom stereocenters. The van der Waals surface area contributed by atoms with Gasteiger partial charge in [-0.15, -0.1) is 0 Å². The van der Waals surface area contributed by atoms with Gasteiger partial charge in [-0.25, -0.2) is 0 Å². The molecule has 2 nitrogen and oxygen atoms in total. The molecule has 11 aromatic rings. The largest absolute Gasteiger partial charge is 0.456 e. The Labute approximate surface area is 275 Å². The third kappa shape index (κ3) is 3.46. The van der Waals surface area contributed by atoms with Crippen LogP contribution in [0.3, 0.4) is 0 Å². The molecule has 48 heavy (non-hydrogen) atoms. The fourth-order valence-corrected chi connectivity index (χ4v) is 8.27. The van der Waals surface area contributed by atoms with Gasteiger partial charge in [0.25, 0.3) is 0 Å². The molecular formula is C46H26O2. The summed E-state index contributed by atoms with van der Waals surface area (Å²) in [5.74, 6) is 0. The minimum absolute atomic E-state index is 0.909. The van der Waals surface area contributed by atoms with Gasteiger partial charge in [0.1, 0.15) is 22.3 Å². The Balaban J connectivity index is 1.22. The zero-order valence-corrected chi connectivity index (χ0v) is 25.8. The van der Waals surface area contributed by atoms with E-state index in [4.69, 9.17) is 8.83 Å². The Kier molecular flexibility index (Phi) is 5.14. The van der Waals surface area contributed by atoms with Crippen LogP contribution in [-0.2, 0) is 0 Å². The molecule has 0 fully saturated rings. The maximum absolute atomic E-state index is 6.34. The summed E-state index contributed by atoms with van der Waals surface area (Å²) in [7, 11) is 0. The first-order valence-corrected chi connectivity index (χ1v) is 16.4. The molecular weight excluding hydrogens is 585 g/mol. The normalized spacial score (nSPS) is 12.2. The number of para-hydroxylation sites is 1. The van der Waals surface area contributed by atoms with Crippen LogP contribution in [0.15, 0.2) is 167 Å². The van der Waals surface area contributed by atoms with Gasteiger partial charge >= 0.3 is 0 Å². The summed E-state index contributed by atoms with van der Waals surface area (Å²) in [6.45, 7) is 0. The van der Waals surface area contributed by atoms with E-state index in [9.17, 15) is 0 Å². The van der Waals surface area contributed by atoms with Gasteiger partial charge in [-0.3, -0.25) is 0 Å². The lowest BCUT2D eigenvalue weighted by Crippen LogP contribution is -1.92. The molecule has 0 aliphatic rings. The highest BCUT2D eigenvalue weighted by molar-refractivity contribution is 6.29.